The topological polar surface area (TPSA) is 96.5 Å². The average molecular weight is 313 g/mol. The molecule has 1 unspecified atom stereocenters. The second kappa shape index (κ2) is 7.44. The summed E-state index contributed by atoms with van der Waals surface area (Å²) in [4.78, 5) is 29.0. The van der Waals surface area contributed by atoms with E-state index in [1.54, 1.807) is 11.8 Å². The van der Waals surface area contributed by atoms with E-state index < -0.39 is 12.0 Å². The maximum absolute atomic E-state index is 12.2. The summed E-state index contributed by atoms with van der Waals surface area (Å²) in [5.41, 5.74) is 0. The Labute approximate surface area is 127 Å². The Bertz CT molecular complexity index is 505. The summed E-state index contributed by atoms with van der Waals surface area (Å²) >= 11 is 1.56. The van der Waals surface area contributed by atoms with E-state index in [2.05, 4.69) is 10.1 Å². The quantitative estimate of drug-likeness (QED) is 0.836. The molecular formula is C13H19N3O4S. The first kappa shape index (κ1) is 15.8. The highest BCUT2D eigenvalue weighted by Gasteiger charge is 2.32. The maximum atomic E-state index is 12.2. The van der Waals surface area contributed by atoms with Gasteiger partial charge < -0.3 is 14.5 Å². The van der Waals surface area contributed by atoms with Gasteiger partial charge >= 0.3 is 5.97 Å². The zero-order chi connectivity index (χ0) is 15.2. The molecule has 1 saturated heterocycles. The van der Waals surface area contributed by atoms with Crippen LogP contribution in [0.3, 0.4) is 0 Å². The van der Waals surface area contributed by atoms with Gasteiger partial charge in [-0.2, -0.15) is 16.7 Å². The number of hydrogen-bond acceptors (Lipinski definition) is 6. The van der Waals surface area contributed by atoms with Gasteiger partial charge in [0, 0.05) is 37.3 Å². The van der Waals surface area contributed by atoms with Gasteiger partial charge in [0.05, 0.1) is 0 Å². The van der Waals surface area contributed by atoms with Gasteiger partial charge in [0.1, 0.15) is 6.04 Å². The van der Waals surface area contributed by atoms with E-state index in [4.69, 9.17) is 9.63 Å². The summed E-state index contributed by atoms with van der Waals surface area (Å²) in [5.74, 6) is 1.19. The van der Waals surface area contributed by atoms with Crippen LogP contribution in [0.25, 0.3) is 0 Å². The predicted molar refractivity (Wildman–Crippen MR) is 77.1 cm³/mol. The standard InChI is InChI=1S/C13H19N3O4S/c1-2-3-10-14-11(20-15-10)4-5-12(17)16-6-7-21-8-9(16)13(18)19/h9H,2-8H2,1H3,(H,18,19). The van der Waals surface area contributed by atoms with E-state index in [-0.39, 0.29) is 12.3 Å². The summed E-state index contributed by atoms with van der Waals surface area (Å²) < 4.78 is 5.08. The van der Waals surface area contributed by atoms with Crippen molar-refractivity contribution in [1.29, 1.82) is 0 Å². The zero-order valence-electron chi connectivity index (χ0n) is 11.9. The third kappa shape index (κ3) is 4.20. The van der Waals surface area contributed by atoms with Crippen LogP contribution in [0.15, 0.2) is 4.52 Å². The summed E-state index contributed by atoms with van der Waals surface area (Å²) in [6.07, 6.45) is 2.24. The van der Waals surface area contributed by atoms with Crippen molar-refractivity contribution < 1.29 is 19.2 Å². The minimum Gasteiger partial charge on any atom is -0.480 e. The molecular weight excluding hydrogens is 294 g/mol. The number of aryl methyl sites for hydroxylation is 2. The van der Waals surface area contributed by atoms with Crippen LogP contribution in [0.5, 0.6) is 0 Å². The molecule has 1 aliphatic heterocycles. The van der Waals surface area contributed by atoms with Crippen molar-refractivity contribution >= 4 is 23.6 Å². The molecule has 2 heterocycles. The summed E-state index contributed by atoms with van der Waals surface area (Å²) in [6.45, 7) is 2.51. The van der Waals surface area contributed by atoms with Crippen molar-refractivity contribution in [1.82, 2.24) is 15.0 Å². The number of rotatable bonds is 6. The molecule has 1 amide bonds. The van der Waals surface area contributed by atoms with Gasteiger partial charge in [-0.05, 0) is 6.42 Å². The molecule has 1 aromatic rings. The van der Waals surface area contributed by atoms with E-state index in [0.717, 1.165) is 18.6 Å². The number of thioether (sulfide) groups is 1. The third-order valence-electron chi connectivity index (χ3n) is 3.27. The van der Waals surface area contributed by atoms with Gasteiger partial charge in [-0.3, -0.25) is 4.79 Å². The van der Waals surface area contributed by atoms with Gasteiger partial charge in [0.15, 0.2) is 5.82 Å². The molecule has 8 heteroatoms. The Kier molecular flexibility index (Phi) is 5.60. The molecule has 2 rings (SSSR count). The van der Waals surface area contributed by atoms with Crippen molar-refractivity contribution in [3.8, 4) is 0 Å². The largest absolute Gasteiger partial charge is 0.480 e. The number of carboxylic acids is 1. The lowest BCUT2D eigenvalue weighted by molar-refractivity contribution is -0.149. The number of carbonyl (C=O) groups excluding carboxylic acids is 1. The number of carbonyl (C=O) groups is 2. The highest BCUT2D eigenvalue weighted by atomic mass is 32.2. The summed E-state index contributed by atoms with van der Waals surface area (Å²) in [5, 5.41) is 13.0. The third-order valence-corrected chi connectivity index (χ3v) is 4.29. The van der Waals surface area contributed by atoms with Gasteiger partial charge in [-0.1, -0.05) is 12.1 Å². The Morgan fingerprint density at radius 2 is 2.29 bits per heavy atom. The van der Waals surface area contributed by atoms with E-state index in [0.29, 0.717) is 30.4 Å². The van der Waals surface area contributed by atoms with E-state index in [9.17, 15) is 9.59 Å². The Balaban J connectivity index is 1.89. The van der Waals surface area contributed by atoms with Crippen LogP contribution in [-0.4, -0.2) is 56.1 Å². The summed E-state index contributed by atoms with van der Waals surface area (Å²) in [7, 11) is 0. The Morgan fingerprint density at radius 3 is 3.00 bits per heavy atom. The number of hydrogen-bond donors (Lipinski definition) is 1. The molecule has 1 aliphatic rings. The molecule has 1 aromatic heterocycles. The lowest BCUT2D eigenvalue weighted by Gasteiger charge is -2.32. The smallest absolute Gasteiger partial charge is 0.327 e. The molecule has 1 fully saturated rings. The van der Waals surface area contributed by atoms with Crippen molar-refractivity contribution in [2.75, 3.05) is 18.1 Å². The first-order chi connectivity index (χ1) is 10.1. The van der Waals surface area contributed by atoms with Crippen LogP contribution in [0, 0.1) is 0 Å². The SMILES string of the molecule is CCCc1noc(CCC(=O)N2CCSCC2C(=O)O)n1. The Morgan fingerprint density at radius 1 is 1.48 bits per heavy atom. The van der Waals surface area contributed by atoms with Crippen molar-refractivity contribution in [2.24, 2.45) is 0 Å². The van der Waals surface area contributed by atoms with Gasteiger partial charge in [-0.15, -0.1) is 0 Å². The fourth-order valence-electron chi connectivity index (χ4n) is 2.18. The first-order valence-corrected chi connectivity index (χ1v) is 8.18. The monoisotopic (exact) mass is 313 g/mol. The number of carboxylic acid groups (broad SMARTS) is 1. The minimum atomic E-state index is -0.946. The van der Waals surface area contributed by atoms with Crippen LogP contribution in [0.4, 0.5) is 0 Å². The van der Waals surface area contributed by atoms with Crippen LogP contribution < -0.4 is 0 Å². The fourth-order valence-corrected chi connectivity index (χ4v) is 3.22. The Hall–Kier alpha value is -1.57. The summed E-state index contributed by atoms with van der Waals surface area (Å²) in [6, 6.07) is -0.727. The lowest BCUT2D eigenvalue weighted by Crippen LogP contribution is -2.50. The average Bonchev–Trinajstić information content (AvgIpc) is 2.93. The second-order valence-corrected chi connectivity index (χ2v) is 6.02. The molecule has 0 bridgehead atoms. The van der Waals surface area contributed by atoms with Crippen LogP contribution in [0.2, 0.25) is 0 Å². The van der Waals surface area contributed by atoms with Gasteiger partial charge in [0.25, 0.3) is 0 Å². The highest BCUT2D eigenvalue weighted by molar-refractivity contribution is 7.99. The molecule has 0 saturated carbocycles. The number of amides is 1. The lowest BCUT2D eigenvalue weighted by atomic mass is 10.2. The molecule has 1 atom stereocenters. The number of aromatic nitrogens is 2. The highest BCUT2D eigenvalue weighted by Crippen LogP contribution is 2.18. The number of nitrogens with zero attached hydrogens (tertiary/aromatic N) is 3. The predicted octanol–water partition coefficient (Wildman–Crippen LogP) is 0.983. The van der Waals surface area contributed by atoms with Gasteiger partial charge in [-0.25, -0.2) is 4.79 Å². The fraction of sp³-hybridized carbons (Fsp3) is 0.692. The van der Waals surface area contributed by atoms with Crippen LogP contribution >= 0.6 is 11.8 Å². The molecule has 0 spiro atoms. The molecule has 0 radical (unpaired) electrons. The molecule has 21 heavy (non-hydrogen) atoms. The van der Waals surface area contributed by atoms with Crippen molar-refractivity contribution in [2.45, 2.75) is 38.6 Å². The molecule has 0 aliphatic carbocycles. The van der Waals surface area contributed by atoms with Crippen LogP contribution in [-0.2, 0) is 22.4 Å². The molecule has 116 valence electrons. The normalized spacial score (nSPS) is 18.7. The van der Waals surface area contributed by atoms with Crippen LogP contribution in [0.1, 0.15) is 31.5 Å². The second-order valence-electron chi connectivity index (χ2n) is 4.87. The molecule has 1 N–H and O–H groups in total. The van der Waals surface area contributed by atoms with E-state index in [1.807, 2.05) is 6.92 Å². The first-order valence-electron chi connectivity index (χ1n) is 7.03. The molecule has 0 aromatic carbocycles. The van der Waals surface area contributed by atoms with Crippen molar-refractivity contribution in [3.05, 3.63) is 11.7 Å². The maximum Gasteiger partial charge on any atom is 0.327 e. The zero-order valence-corrected chi connectivity index (χ0v) is 12.8. The van der Waals surface area contributed by atoms with Crippen molar-refractivity contribution in [3.63, 3.8) is 0 Å². The van der Waals surface area contributed by atoms with E-state index >= 15 is 0 Å². The van der Waals surface area contributed by atoms with E-state index in [1.165, 1.54) is 4.90 Å². The minimum absolute atomic E-state index is 0.169. The molecule has 7 nitrogen and oxygen atoms in total. The van der Waals surface area contributed by atoms with Gasteiger partial charge in [0.2, 0.25) is 11.8 Å². The number of aliphatic carboxylic acids is 1.